The van der Waals surface area contributed by atoms with Crippen LogP contribution >= 0.6 is 0 Å². The van der Waals surface area contributed by atoms with E-state index in [2.05, 4.69) is 26.0 Å². The number of alkyl halides is 3. The van der Waals surface area contributed by atoms with E-state index in [9.17, 15) is 41.5 Å². The smallest absolute Gasteiger partial charge is 0.356 e. The molecule has 0 saturated carbocycles. The zero-order chi connectivity index (χ0) is 32.2. The van der Waals surface area contributed by atoms with Crippen LogP contribution in [0.2, 0.25) is 0 Å². The number of ketones is 1. The number of nitrogens with two attached hydrogens (primary N) is 1. The minimum Gasteiger partial charge on any atom is -0.356 e. The second-order valence-electron chi connectivity index (χ2n) is 10.8. The highest BCUT2D eigenvalue weighted by atomic mass is 19.4. The molecular formula is C28H39F4N5O6. The van der Waals surface area contributed by atoms with Crippen LogP contribution in [0.15, 0.2) is 24.3 Å². The maximum atomic E-state index is 14.2. The molecule has 4 atom stereocenters. The molecule has 1 fully saturated rings. The first kappa shape index (κ1) is 35.6. The van der Waals surface area contributed by atoms with Crippen LogP contribution in [0.5, 0.6) is 0 Å². The Labute approximate surface area is 247 Å². The first-order valence-corrected chi connectivity index (χ1v) is 14.1. The van der Waals surface area contributed by atoms with Gasteiger partial charge in [0.1, 0.15) is 24.5 Å². The van der Waals surface area contributed by atoms with Gasteiger partial charge in [0.05, 0.1) is 11.6 Å². The lowest BCUT2D eigenvalue weighted by Gasteiger charge is -2.27. The summed E-state index contributed by atoms with van der Waals surface area (Å²) in [5.41, 5.74) is 5.26. The van der Waals surface area contributed by atoms with Gasteiger partial charge in [0.25, 0.3) is 5.91 Å². The van der Waals surface area contributed by atoms with Crippen LogP contribution < -0.4 is 27.0 Å². The van der Waals surface area contributed by atoms with E-state index in [1.54, 1.807) is 13.8 Å². The molecule has 0 aliphatic carbocycles. The van der Waals surface area contributed by atoms with Crippen molar-refractivity contribution >= 4 is 29.4 Å². The minimum absolute atomic E-state index is 0.0677. The number of hydrogen-bond donors (Lipinski definition) is 5. The van der Waals surface area contributed by atoms with Crippen LogP contribution in [-0.4, -0.2) is 73.6 Å². The molecule has 1 aromatic rings. The quantitative estimate of drug-likeness (QED) is 0.131. The zero-order valence-corrected chi connectivity index (χ0v) is 24.1. The van der Waals surface area contributed by atoms with Crippen molar-refractivity contribution < 1.29 is 46.3 Å². The van der Waals surface area contributed by atoms with Crippen LogP contribution in [0.3, 0.4) is 0 Å². The highest BCUT2D eigenvalue weighted by molar-refractivity contribution is 5.99. The van der Waals surface area contributed by atoms with E-state index in [1.807, 2.05) is 0 Å². The van der Waals surface area contributed by atoms with Crippen molar-refractivity contribution in [3.05, 3.63) is 35.6 Å². The monoisotopic (exact) mass is 617 g/mol. The fraction of sp³-hybridized carbons (Fsp3) is 0.607. The Bertz CT molecular complexity index is 1130. The van der Waals surface area contributed by atoms with Gasteiger partial charge in [-0.3, -0.25) is 28.7 Å². The van der Waals surface area contributed by atoms with Crippen molar-refractivity contribution in [2.24, 2.45) is 17.6 Å². The SMILES string of the molecule is CC(C)C[C@H](NC(=O)[C@H](CCCCN)NC(=O)c1ccccc1F)C(=O)N[C@@H](C[C@@H]1CCNC1=O)C(=O)COC(F)(F)F. The first-order valence-electron chi connectivity index (χ1n) is 14.1. The lowest BCUT2D eigenvalue weighted by Crippen LogP contribution is -2.56. The molecule has 0 aromatic heterocycles. The molecule has 1 aliphatic heterocycles. The van der Waals surface area contributed by atoms with E-state index >= 15 is 0 Å². The highest BCUT2D eigenvalue weighted by Crippen LogP contribution is 2.20. The summed E-state index contributed by atoms with van der Waals surface area (Å²) in [5, 5.41) is 10.0. The molecule has 2 rings (SSSR count). The van der Waals surface area contributed by atoms with E-state index in [0.717, 1.165) is 6.07 Å². The fourth-order valence-corrected chi connectivity index (χ4v) is 4.57. The Morgan fingerprint density at radius 2 is 1.67 bits per heavy atom. The molecule has 0 unspecified atom stereocenters. The third-order valence-corrected chi connectivity index (χ3v) is 6.79. The Morgan fingerprint density at radius 1 is 1.02 bits per heavy atom. The van der Waals surface area contributed by atoms with Gasteiger partial charge < -0.3 is 27.0 Å². The number of amides is 4. The molecule has 6 N–H and O–H groups in total. The van der Waals surface area contributed by atoms with Crippen LogP contribution in [0.25, 0.3) is 0 Å². The number of carbonyl (C=O) groups is 5. The molecular weight excluding hydrogens is 578 g/mol. The fourth-order valence-electron chi connectivity index (χ4n) is 4.57. The molecule has 1 heterocycles. The maximum Gasteiger partial charge on any atom is 0.522 e. The van der Waals surface area contributed by atoms with E-state index in [-0.39, 0.29) is 30.7 Å². The van der Waals surface area contributed by atoms with Gasteiger partial charge in [-0.25, -0.2) is 4.39 Å². The summed E-state index contributed by atoms with van der Waals surface area (Å²) in [5.74, 6) is -5.66. The number of ether oxygens (including phenoxy) is 1. The number of halogens is 4. The van der Waals surface area contributed by atoms with E-state index in [0.29, 0.717) is 32.4 Å². The Kier molecular flexibility index (Phi) is 14.0. The third kappa shape index (κ3) is 12.3. The van der Waals surface area contributed by atoms with Crippen molar-refractivity contribution in [2.75, 3.05) is 19.7 Å². The standard InChI is InChI=1S/C28H39F4N5O6/c1-16(2)13-22(27(42)36-21(14-17-10-12-34-24(17)39)23(38)15-43-28(30,31)32)37-26(41)20(9-5-6-11-33)35-25(40)18-7-3-4-8-19(18)29/h3-4,7-8,16-17,20-22H,5-6,9-15,33H2,1-2H3,(H,34,39)(H,35,40)(H,36,42)(H,37,41)/t17-,20-,21-,22-/m0/s1. The van der Waals surface area contributed by atoms with Crippen LogP contribution in [0, 0.1) is 17.7 Å². The van der Waals surface area contributed by atoms with Crippen molar-refractivity contribution in [3.8, 4) is 0 Å². The van der Waals surface area contributed by atoms with E-state index in [1.165, 1.54) is 18.2 Å². The summed E-state index contributed by atoms with van der Waals surface area (Å²) in [6.45, 7) is 2.77. The van der Waals surface area contributed by atoms with Gasteiger partial charge >= 0.3 is 6.36 Å². The first-order chi connectivity index (χ1) is 20.2. The Hall–Kier alpha value is -3.59. The van der Waals surface area contributed by atoms with E-state index in [4.69, 9.17) is 5.73 Å². The second-order valence-corrected chi connectivity index (χ2v) is 10.8. The molecule has 1 saturated heterocycles. The summed E-state index contributed by atoms with van der Waals surface area (Å²) in [7, 11) is 0. The van der Waals surface area contributed by atoms with Gasteiger partial charge in [0.2, 0.25) is 17.7 Å². The lowest BCUT2D eigenvalue weighted by atomic mass is 9.95. The molecule has 240 valence electrons. The summed E-state index contributed by atoms with van der Waals surface area (Å²) in [6.07, 6.45) is -3.91. The van der Waals surface area contributed by atoms with Gasteiger partial charge in [0, 0.05) is 12.5 Å². The molecule has 0 radical (unpaired) electrons. The van der Waals surface area contributed by atoms with Gasteiger partial charge in [-0.1, -0.05) is 26.0 Å². The van der Waals surface area contributed by atoms with Crippen LogP contribution in [0.4, 0.5) is 17.6 Å². The van der Waals surface area contributed by atoms with Crippen LogP contribution in [0.1, 0.15) is 62.7 Å². The number of unbranched alkanes of at least 4 members (excludes halogenated alkanes) is 1. The van der Waals surface area contributed by atoms with Crippen molar-refractivity contribution in [3.63, 3.8) is 0 Å². The summed E-state index contributed by atoms with van der Waals surface area (Å²) < 4.78 is 55.6. The van der Waals surface area contributed by atoms with Crippen molar-refractivity contribution in [1.29, 1.82) is 0 Å². The number of rotatable bonds is 17. The summed E-state index contributed by atoms with van der Waals surface area (Å²) in [4.78, 5) is 64.2. The third-order valence-electron chi connectivity index (χ3n) is 6.79. The normalized spacial score (nSPS) is 17.1. The van der Waals surface area contributed by atoms with Gasteiger partial charge in [0.15, 0.2) is 5.78 Å². The second kappa shape index (κ2) is 16.9. The number of hydrogen-bond acceptors (Lipinski definition) is 7. The van der Waals surface area contributed by atoms with Gasteiger partial charge in [-0.2, -0.15) is 0 Å². The summed E-state index contributed by atoms with van der Waals surface area (Å²) >= 11 is 0. The minimum atomic E-state index is -5.09. The average molecular weight is 618 g/mol. The van der Waals surface area contributed by atoms with Gasteiger partial charge in [-0.05, 0) is 63.1 Å². The molecule has 4 amide bonds. The Balaban J connectivity index is 2.23. The van der Waals surface area contributed by atoms with Crippen LogP contribution in [-0.2, 0) is 23.9 Å². The maximum absolute atomic E-state index is 14.2. The average Bonchev–Trinajstić information content (AvgIpc) is 3.33. The molecule has 43 heavy (non-hydrogen) atoms. The lowest BCUT2D eigenvalue weighted by molar-refractivity contribution is -0.321. The number of Topliss-reactive ketones (excluding diaryl/α,β-unsaturated/α-hetero) is 1. The summed E-state index contributed by atoms with van der Waals surface area (Å²) in [6, 6.07) is 1.26. The van der Waals surface area contributed by atoms with Crippen molar-refractivity contribution in [1.82, 2.24) is 21.3 Å². The molecule has 1 aliphatic rings. The number of carbonyl (C=O) groups excluding carboxylic acids is 5. The van der Waals surface area contributed by atoms with Crippen molar-refractivity contribution in [2.45, 2.75) is 76.9 Å². The number of benzene rings is 1. The number of nitrogens with one attached hydrogen (secondary N) is 4. The highest BCUT2D eigenvalue weighted by Gasteiger charge is 2.36. The molecule has 1 aromatic carbocycles. The Morgan fingerprint density at radius 3 is 2.26 bits per heavy atom. The topological polar surface area (TPSA) is 169 Å². The molecule has 0 spiro atoms. The van der Waals surface area contributed by atoms with E-state index < -0.39 is 72.2 Å². The largest absolute Gasteiger partial charge is 0.522 e. The predicted molar refractivity (Wildman–Crippen MR) is 147 cm³/mol. The van der Waals surface area contributed by atoms with Gasteiger partial charge in [-0.15, -0.1) is 13.2 Å². The predicted octanol–water partition coefficient (Wildman–Crippen LogP) is 1.70. The molecule has 15 heteroatoms. The molecule has 0 bridgehead atoms. The zero-order valence-electron chi connectivity index (χ0n) is 24.1. The molecule has 11 nitrogen and oxygen atoms in total.